The standard InChI is InChI=1S/C48H33N/c1-4-16-34(17-5-1)37-28-31-46(43-25-13-10-22-40(37)43)49(47-32-29-38(35-18-6-2-7-19-35)41-23-11-14-26-44(41)47)48-33-30-39(36-20-8-3-9-21-36)42-24-12-15-27-45(42)48/h1-33H. The van der Waals surface area contributed by atoms with Gasteiger partial charge in [0.1, 0.15) is 0 Å². The average molecular weight is 624 g/mol. The highest BCUT2D eigenvalue weighted by Crippen LogP contribution is 2.48. The number of nitrogens with zero attached hydrogens (tertiary/aromatic N) is 1. The van der Waals surface area contributed by atoms with Crippen LogP contribution in [0.25, 0.3) is 65.7 Å². The monoisotopic (exact) mass is 623 g/mol. The molecule has 0 saturated heterocycles. The number of hydrogen-bond acceptors (Lipinski definition) is 1. The summed E-state index contributed by atoms with van der Waals surface area (Å²) >= 11 is 0. The number of anilines is 3. The van der Waals surface area contributed by atoms with Crippen molar-refractivity contribution in [3.63, 3.8) is 0 Å². The lowest BCUT2D eigenvalue weighted by atomic mass is 9.93. The van der Waals surface area contributed by atoms with E-state index in [9.17, 15) is 0 Å². The second kappa shape index (κ2) is 12.3. The predicted molar refractivity (Wildman–Crippen MR) is 210 cm³/mol. The summed E-state index contributed by atoms with van der Waals surface area (Å²) in [5, 5.41) is 7.30. The molecule has 1 nitrogen and oxygen atoms in total. The predicted octanol–water partition coefficient (Wildman–Crippen LogP) is 13.6. The van der Waals surface area contributed by atoms with Crippen LogP contribution in [0.1, 0.15) is 0 Å². The van der Waals surface area contributed by atoms with Crippen molar-refractivity contribution in [2.75, 3.05) is 4.90 Å². The molecule has 1 heteroatoms. The summed E-state index contributed by atoms with van der Waals surface area (Å²) in [6, 6.07) is 72.4. The molecule has 0 aliphatic rings. The van der Waals surface area contributed by atoms with Gasteiger partial charge in [-0.2, -0.15) is 0 Å². The highest BCUT2D eigenvalue weighted by atomic mass is 15.1. The number of hydrogen-bond donors (Lipinski definition) is 0. The topological polar surface area (TPSA) is 3.24 Å². The minimum atomic E-state index is 1.14. The Labute approximate surface area is 287 Å². The smallest absolute Gasteiger partial charge is 0.0540 e. The van der Waals surface area contributed by atoms with Gasteiger partial charge in [0.05, 0.1) is 17.1 Å². The van der Waals surface area contributed by atoms with E-state index in [0.29, 0.717) is 0 Å². The zero-order chi connectivity index (χ0) is 32.6. The maximum absolute atomic E-state index is 2.49. The maximum Gasteiger partial charge on any atom is 0.0540 e. The normalized spacial score (nSPS) is 11.3. The summed E-state index contributed by atoms with van der Waals surface area (Å²) in [4.78, 5) is 2.49. The molecule has 0 unspecified atom stereocenters. The van der Waals surface area contributed by atoms with Crippen LogP contribution in [-0.2, 0) is 0 Å². The molecule has 9 aromatic carbocycles. The largest absolute Gasteiger partial charge is 0.309 e. The summed E-state index contributed by atoms with van der Waals surface area (Å²) in [7, 11) is 0. The first-order valence-electron chi connectivity index (χ1n) is 16.9. The van der Waals surface area contributed by atoms with Crippen LogP contribution in [0.3, 0.4) is 0 Å². The van der Waals surface area contributed by atoms with Crippen molar-refractivity contribution < 1.29 is 0 Å². The number of fused-ring (bicyclic) bond motifs is 3. The average Bonchev–Trinajstić information content (AvgIpc) is 3.19. The van der Waals surface area contributed by atoms with E-state index in [4.69, 9.17) is 0 Å². The van der Waals surface area contributed by atoms with Crippen molar-refractivity contribution in [1.29, 1.82) is 0 Å². The van der Waals surface area contributed by atoms with E-state index < -0.39 is 0 Å². The minimum Gasteiger partial charge on any atom is -0.309 e. The first kappa shape index (κ1) is 28.8. The molecule has 0 fully saturated rings. The third kappa shape index (κ3) is 5.04. The lowest BCUT2D eigenvalue weighted by molar-refractivity contribution is 1.33. The molecule has 0 atom stereocenters. The second-order valence-corrected chi connectivity index (χ2v) is 12.5. The molecule has 0 N–H and O–H groups in total. The van der Waals surface area contributed by atoms with Crippen LogP contribution < -0.4 is 4.90 Å². The van der Waals surface area contributed by atoms with Crippen molar-refractivity contribution >= 4 is 49.4 Å². The van der Waals surface area contributed by atoms with E-state index in [0.717, 1.165) is 17.1 Å². The van der Waals surface area contributed by atoms with Gasteiger partial charge in [-0.1, -0.05) is 182 Å². The Bertz CT molecular complexity index is 2300. The highest BCUT2D eigenvalue weighted by Gasteiger charge is 2.22. The number of benzene rings is 9. The molecule has 0 aromatic heterocycles. The lowest BCUT2D eigenvalue weighted by Crippen LogP contribution is -2.12. The third-order valence-electron chi connectivity index (χ3n) is 9.68. The van der Waals surface area contributed by atoms with Crippen LogP contribution in [-0.4, -0.2) is 0 Å². The molecule has 0 aliphatic heterocycles. The molecule has 49 heavy (non-hydrogen) atoms. The van der Waals surface area contributed by atoms with Crippen molar-refractivity contribution in [3.05, 3.63) is 200 Å². The molecule has 9 aromatic rings. The van der Waals surface area contributed by atoms with Gasteiger partial charge in [-0.3, -0.25) is 0 Å². The van der Waals surface area contributed by atoms with E-state index in [1.807, 2.05) is 0 Å². The van der Waals surface area contributed by atoms with Crippen molar-refractivity contribution in [1.82, 2.24) is 0 Å². The SMILES string of the molecule is c1ccc(-c2ccc(N(c3ccc(-c4ccccc4)c4ccccc34)c3ccc(-c4ccccc4)c4ccccc34)c3ccccc23)cc1. The molecule has 9 rings (SSSR count). The minimum absolute atomic E-state index is 1.14. The zero-order valence-corrected chi connectivity index (χ0v) is 27.0. The van der Waals surface area contributed by atoms with Gasteiger partial charge in [0.2, 0.25) is 0 Å². The van der Waals surface area contributed by atoms with Crippen LogP contribution in [0, 0.1) is 0 Å². The molecule has 0 radical (unpaired) electrons. The molecule has 230 valence electrons. The van der Waals surface area contributed by atoms with Gasteiger partial charge in [0.15, 0.2) is 0 Å². The Kier molecular flexibility index (Phi) is 7.22. The highest BCUT2D eigenvalue weighted by molar-refractivity contribution is 6.14. The fourth-order valence-electron chi connectivity index (χ4n) is 7.43. The van der Waals surface area contributed by atoms with Crippen molar-refractivity contribution in [2.45, 2.75) is 0 Å². The van der Waals surface area contributed by atoms with Gasteiger partial charge in [0.25, 0.3) is 0 Å². The first-order chi connectivity index (χ1) is 24.3. The molecule has 0 bridgehead atoms. The molecule has 0 spiro atoms. The summed E-state index contributed by atoms with van der Waals surface area (Å²) in [5.41, 5.74) is 10.8. The van der Waals surface area contributed by atoms with E-state index in [2.05, 4.69) is 205 Å². The zero-order valence-electron chi connectivity index (χ0n) is 27.0. The van der Waals surface area contributed by atoms with Crippen LogP contribution in [0.4, 0.5) is 17.1 Å². The van der Waals surface area contributed by atoms with Gasteiger partial charge >= 0.3 is 0 Å². The van der Waals surface area contributed by atoms with Crippen LogP contribution >= 0.6 is 0 Å². The van der Waals surface area contributed by atoms with Crippen LogP contribution in [0.5, 0.6) is 0 Å². The van der Waals surface area contributed by atoms with Gasteiger partial charge in [-0.05, 0) is 67.7 Å². The third-order valence-corrected chi connectivity index (χ3v) is 9.68. The summed E-state index contributed by atoms with van der Waals surface area (Å²) in [6.45, 7) is 0. The fraction of sp³-hybridized carbons (Fsp3) is 0. The fourth-order valence-corrected chi connectivity index (χ4v) is 7.43. The van der Waals surface area contributed by atoms with Crippen LogP contribution in [0.2, 0.25) is 0 Å². The van der Waals surface area contributed by atoms with Gasteiger partial charge in [0, 0.05) is 16.2 Å². The Morgan fingerprint density at radius 3 is 0.735 bits per heavy atom. The molecule has 0 saturated carbocycles. The van der Waals surface area contributed by atoms with Crippen molar-refractivity contribution in [2.24, 2.45) is 0 Å². The van der Waals surface area contributed by atoms with Gasteiger partial charge in [-0.25, -0.2) is 0 Å². The Morgan fingerprint density at radius 1 is 0.204 bits per heavy atom. The Morgan fingerprint density at radius 2 is 0.449 bits per heavy atom. The number of rotatable bonds is 6. The molecular weight excluding hydrogens is 591 g/mol. The molecular formula is C48H33N. The summed E-state index contributed by atoms with van der Waals surface area (Å²) in [5.74, 6) is 0. The van der Waals surface area contributed by atoms with Gasteiger partial charge in [-0.15, -0.1) is 0 Å². The van der Waals surface area contributed by atoms with E-state index in [1.165, 1.54) is 65.7 Å². The van der Waals surface area contributed by atoms with E-state index in [1.54, 1.807) is 0 Å². The summed E-state index contributed by atoms with van der Waals surface area (Å²) < 4.78 is 0. The second-order valence-electron chi connectivity index (χ2n) is 12.5. The Hall–Kier alpha value is -6.44. The van der Waals surface area contributed by atoms with E-state index in [-0.39, 0.29) is 0 Å². The molecule has 0 aliphatic carbocycles. The van der Waals surface area contributed by atoms with E-state index >= 15 is 0 Å². The maximum atomic E-state index is 2.49. The molecule has 0 amide bonds. The van der Waals surface area contributed by atoms with Crippen LogP contribution in [0.15, 0.2) is 200 Å². The van der Waals surface area contributed by atoms with Gasteiger partial charge < -0.3 is 4.90 Å². The summed E-state index contributed by atoms with van der Waals surface area (Å²) in [6.07, 6.45) is 0. The quantitative estimate of drug-likeness (QED) is 0.178. The first-order valence-corrected chi connectivity index (χ1v) is 16.9. The van der Waals surface area contributed by atoms with Crippen molar-refractivity contribution in [3.8, 4) is 33.4 Å². The Balaban J connectivity index is 1.36. The lowest BCUT2D eigenvalue weighted by Gasteiger charge is -2.30. The molecule has 0 heterocycles.